The summed E-state index contributed by atoms with van der Waals surface area (Å²) in [7, 11) is 0. The van der Waals surface area contributed by atoms with Crippen molar-refractivity contribution in [2.75, 3.05) is 19.8 Å². The number of amides is 2. The molecule has 27 heavy (non-hydrogen) atoms. The maximum absolute atomic E-state index is 12.5. The third kappa shape index (κ3) is 4.91. The van der Waals surface area contributed by atoms with Gasteiger partial charge in [-0.3, -0.25) is 19.3 Å². The molecule has 1 aliphatic heterocycles. The van der Waals surface area contributed by atoms with Crippen LogP contribution in [-0.2, 0) is 14.3 Å². The maximum atomic E-state index is 12.5. The normalized spacial score (nSPS) is 15.8. The zero-order chi connectivity index (χ0) is 20.1. The number of thioether (sulfide) groups is 1. The molecule has 0 atom stereocenters. The molecule has 0 unspecified atom stereocenters. The highest BCUT2D eigenvalue weighted by Crippen LogP contribution is 2.35. The Morgan fingerprint density at radius 3 is 2.52 bits per heavy atom. The maximum Gasteiger partial charge on any atom is 0.326 e. The Bertz CT molecular complexity index is 785. The van der Waals surface area contributed by atoms with Crippen molar-refractivity contribution in [2.24, 2.45) is 0 Å². The van der Waals surface area contributed by atoms with E-state index in [1.807, 2.05) is 26.0 Å². The fourth-order valence-electron chi connectivity index (χ4n) is 2.72. The molecule has 2 rings (SSSR count). The molecule has 1 aromatic rings. The van der Waals surface area contributed by atoms with E-state index < -0.39 is 17.1 Å². The molecule has 1 aromatic carbocycles. The van der Waals surface area contributed by atoms with Gasteiger partial charge in [0, 0.05) is 0 Å². The fourth-order valence-corrected chi connectivity index (χ4v) is 3.55. The third-order valence-electron chi connectivity index (χ3n) is 4.07. The van der Waals surface area contributed by atoms with E-state index in [0.717, 1.165) is 39.1 Å². The van der Waals surface area contributed by atoms with E-state index in [1.165, 1.54) is 0 Å². The summed E-state index contributed by atoms with van der Waals surface area (Å²) in [5.41, 5.74) is 2.84. The minimum atomic E-state index is -0.597. The van der Waals surface area contributed by atoms with Gasteiger partial charge in [0.05, 0.1) is 18.1 Å². The van der Waals surface area contributed by atoms with E-state index in [4.69, 9.17) is 9.47 Å². The molecule has 0 bridgehead atoms. The second-order valence-corrected chi connectivity index (χ2v) is 7.40. The van der Waals surface area contributed by atoms with Gasteiger partial charge in [0.15, 0.2) is 0 Å². The minimum absolute atomic E-state index is 0.203. The monoisotopic (exact) mass is 391 g/mol. The van der Waals surface area contributed by atoms with Crippen molar-refractivity contribution in [2.45, 2.75) is 40.5 Å². The molecule has 1 heterocycles. The highest BCUT2D eigenvalue weighted by Gasteiger charge is 2.36. The van der Waals surface area contributed by atoms with E-state index in [9.17, 15) is 14.4 Å². The van der Waals surface area contributed by atoms with E-state index in [-0.39, 0.29) is 19.1 Å². The SMILES string of the molecule is CCOC(=O)CN1C(=O)S/C(=C\c2cc(C(C)C)c(OCC)cc2C)C1=O. The topological polar surface area (TPSA) is 72.9 Å². The summed E-state index contributed by atoms with van der Waals surface area (Å²) in [4.78, 5) is 37.5. The second kappa shape index (κ2) is 9.08. The van der Waals surface area contributed by atoms with Gasteiger partial charge in [-0.2, -0.15) is 0 Å². The first-order valence-corrected chi connectivity index (χ1v) is 9.78. The van der Waals surface area contributed by atoms with Gasteiger partial charge in [-0.15, -0.1) is 0 Å². The lowest BCUT2D eigenvalue weighted by Crippen LogP contribution is -2.34. The van der Waals surface area contributed by atoms with Gasteiger partial charge in [0.2, 0.25) is 0 Å². The number of esters is 1. The molecule has 7 heteroatoms. The van der Waals surface area contributed by atoms with Crippen LogP contribution in [0.2, 0.25) is 0 Å². The number of carbonyl (C=O) groups excluding carboxylic acids is 3. The van der Waals surface area contributed by atoms with Crippen LogP contribution in [0.5, 0.6) is 5.75 Å². The molecule has 1 aliphatic rings. The summed E-state index contributed by atoms with van der Waals surface area (Å²) >= 11 is 0.834. The van der Waals surface area contributed by atoms with Gasteiger partial charge in [-0.1, -0.05) is 13.8 Å². The van der Waals surface area contributed by atoms with Crippen molar-refractivity contribution in [3.05, 3.63) is 33.7 Å². The summed E-state index contributed by atoms with van der Waals surface area (Å²) in [6.45, 7) is 10.1. The lowest BCUT2D eigenvalue weighted by atomic mass is 9.96. The summed E-state index contributed by atoms with van der Waals surface area (Å²) in [5, 5.41) is -0.466. The number of ether oxygens (including phenoxy) is 2. The Labute approximate surface area is 163 Å². The molecule has 0 spiro atoms. The predicted molar refractivity (Wildman–Crippen MR) is 106 cm³/mol. The number of benzene rings is 1. The van der Waals surface area contributed by atoms with E-state index in [1.54, 1.807) is 13.0 Å². The van der Waals surface area contributed by atoms with Crippen LogP contribution in [0.15, 0.2) is 17.0 Å². The smallest absolute Gasteiger partial charge is 0.326 e. The van der Waals surface area contributed by atoms with Gasteiger partial charge in [0.25, 0.3) is 11.1 Å². The average molecular weight is 391 g/mol. The van der Waals surface area contributed by atoms with Crippen LogP contribution < -0.4 is 4.74 Å². The molecular weight excluding hydrogens is 366 g/mol. The summed E-state index contributed by atoms with van der Waals surface area (Å²) in [5.74, 6) is 0.00793. The molecule has 2 amide bonds. The fraction of sp³-hybridized carbons (Fsp3) is 0.450. The Morgan fingerprint density at radius 1 is 1.22 bits per heavy atom. The zero-order valence-corrected chi connectivity index (χ0v) is 17.1. The lowest BCUT2D eigenvalue weighted by molar-refractivity contribution is -0.145. The largest absolute Gasteiger partial charge is 0.494 e. The van der Waals surface area contributed by atoms with Crippen LogP contribution in [-0.4, -0.2) is 41.8 Å². The van der Waals surface area contributed by atoms with Crippen molar-refractivity contribution in [1.29, 1.82) is 0 Å². The molecule has 1 fully saturated rings. The quantitative estimate of drug-likeness (QED) is 0.514. The van der Waals surface area contributed by atoms with Gasteiger partial charge < -0.3 is 9.47 Å². The number of imide groups is 1. The summed E-state index contributed by atoms with van der Waals surface area (Å²) in [6.07, 6.45) is 1.70. The minimum Gasteiger partial charge on any atom is -0.494 e. The van der Waals surface area contributed by atoms with Gasteiger partial charge in [-0.05, 0) is 73.4 Å². The van der Waals surface area contributed by atoms with Crippen LogP contribution in [0.25, 0.3) is 6.08 Å². The number of aryl methyl sites for hydroxylation is 1. The van der Waals surface area contributed by atoms with Crippen molar-refractivity contribution in [1.82, 2.24) is 4.90 Å². The van der Waals surface area contributed by atoms with E-state index >= 15 is 0 Å². The van der Waals surface area contributed by atoms with E-state index in [2.05, 4.69) is 13.8 Å². The Kier molecular flexibility index (Phi) is 7.07. The van der Waals surface area contributed by atoms with E-state index in [0.29, 0.717) is 11.5 Å². The van der Waals surface area contributed by atoms with Gasteiger partial charge >= 0.3 is 5.97 Å². The summed E-state index contributed by atoms with van der Waals surface area (Å²) < 4.78 is 10.5. The number of hydrogen-bond donors (Lipinski definition) is 0. The molecule has 1 saturated heterocycles. The van der Waals surface area contributed by atoms with Crippen LogP contribution >= 0.6 is 11.8 Å². The highest BCUT2D eigenvalue weighted by atomic mass is 32.2. The standard InChI is InChI=1S/C20H25NO5S/c1-6-25-16-8-13(5)14(9-15(16)12(3)4)10-17-19(23)21(20(24)27-17)11-18(22)26-7-2/h8-10,12H,6-7,11H2,1-5H3/b17-10-. The number of nitrogens with zero attached hydrogens (tertiary/aromatic N) is 1. The number of hydrogen-bond acceptors (Lipinski definition) is 6. The predicted octanol–water partition coefficient (Wildman–Crippen LogP) is 4.12. The number of carbonyl (C=O) groups is 3. The molecule has 0 aliphatic carbocycles. The van der Waals surface area contributed by atoms with Gasteiger partial charge in [0.1, 0.15) is 12.3 Å². The van der Waals surface area contributed by atoms with Crippen molar-refractivity contribution < 1.29 is 23.9 Å². The van der Waals surface area contributed by atoms with Crippen LogP contribution in [0, 0.1) is 6.92 Å². The highest BCUT2D eigenvalue weighted by molar-refractivity contribution is 8.18. The molecule has 6 nitrogen and oxygen atoms in total. The first-order valence-electron chi connectivity index (χ1n) is 8.96. The average Bonchev–Trinajstić information content (AvgIpc) is 2.85. The van der Waals surface area contributed by atoms with Crippen molar-refractivity contribution >= 4 is 35.0 Å². The Morgan fingerprint density at radius 2 is 1.93 bits per heavy atom. The number of rotatable bonds is 7. The lowest BCUT2D eigenvalue weighted by Gasteiger charge is -2.16. The Hall–Kier alpha value is -2.28. The molecule has 0 saturated carbocycles. The Balaban J connectivity index is 2.33. The van der Waals surface area contributed by atoms with Crippen LogP contribution in [0.1, 0.15) is 50.3 Å². The molecule has 0 N–H and O–H groups in total. The van der Waals surface area contributed by atoms with Crippen molar-refractivity contribution in [3.63, 3.8) is 0 Å². The van der Waals surface area contributed by atoms with Crippen molar-refractivity contribution in [3.8, 4) is 5.75 Å². The second-order valence-electron chi connectivity index (χ2n) is 6.41. The molecule has 0 radical (unpaired) electrons. The first kappa shape index (κ1) is 21.0. The molecule has 0 aromatic heterocycles. The van der Waals surface area contributed by atoms with Gasteiger partial charge in [-0.25, -0.2) is 0 Å². The molecule has 146 valence electrons. The van der Waals surface area contributed by atoms with Crippen LogP contribution in [0.4, 0.5) is 4.79 Å². The molecular formula is C20H25NO5S. The third-order valence-corrected chi connectivity index (χ3v) is 4.98. The summed E-state index contributed by atoms with van der Waals surface area (Å²) in [6, 6.07) is 3.94. The first-order chi connectivity index (χ1) is 12.8. The zero-order valence-electron chi connectivity index (χ0n) is 16.3. The van der Waals surface area contributed by atoms with Crippen LogP contribution in [0.3, 0.4) is 0 Å².